The quantitative estimate of drug-likeness (QED) is 0.485. The fourth-order valence-electron chi connectivity index (χ4n) is 1.79. The van der Waals surface area contributed by atoms with Crippen molar-refractivity contribution in [2.45, 2.75) is 39.5 Å². The van der Waals surface area contributed by atoms with Crippen molar-refractivity contribution < 1.29 is 19.0 Å². The Morgan fingerprint density at radius 1 is 1.00 bits per heavy atom. The van der Waals surface area contributed by atoms with Crippen LogP contribution in [0.25, 0.3) is 0 Å². The van der Waals surface area contributed by atoms with Crippen molar-refractivity contribution in [1.29, 1.82) is 0 Å². The fraction of sp³-hybridized carbons (Fsp3) is 0.562. The summed E-state index contributed by atoms with van der Waals surface area (Å²) in [6, 6.07) is 7.64. The van der Waals surface area contributed by atoms with Gasteiger partial charge in [-0.1, -0.05) is 6.07 Å². The molecule has 1 aromatic rings. The maximum absolute atomic E-state index is 11.1. The van der Waals surface area contributed by atoms with Gasteiger partial charge in [-0.15, -0.1) is 0 Å². The van der Waals surface area contributed by atoms with Gasteiger partial charge in [0.1, 0.15) is 11.5 Å². The Bertz CT molecular complexity index is 390. The van der Waals surface area contributed by atoms with E-state index >= 15 is 0 Å². The molecule has 0 amide bonds. The number of rotatable bonds is 10. The van der Waals surface area contributed by atoms with E-state index in [1.54, 1.807) is 0 Å². The molecule has 0 saturated heterocycles. The Morgan fingerprint density at radius 3 is 2.45 bits per heavy atom. The molecule has 0 aliphatic heterocycles. The molecule has 0 radical (unpaired) electrons. The predicted molar refractivity (Wildman–Crippen MR) is 78.2 cm³/mol. The summed E-state index contributed by atoms with van der Waals surface area (Å²) in [5.74, 6) is 1.53. The fourth-order valence-corrected chi connectivity index (χ4v) is 1.79. The van der Waals surface area contributed by atoms with Crippen molar-refractivity contribution >= 4 is 5.97 Å². The first-order valence-electron chi connectivity index (χ1n) is 7.27. The van der Waals surface area contributed by atoms with Crippen LogP contribution in [0, 0.1) is 0 Å². The summed E-state index contributed by atoms with van der Waals surface area (Å²) in [5, 5.41) is 0. The lowest BCUT2D eigenvalue weighted by molar-refractivity contribution is -0.143. The number of ether oxygens (including phenoxy) is 3. The van der Waals surface area contributed by atoms with Crippen LogP contribution >= 0.6 is 0 Å². The van der Waals surface area contributed by atoms with Crippen molar-refractivity contribution in [3.8, 4) is 11.5 Å². The minimum Gasteiger partial charge on any atom is -0.494 e. The van der Waals surface area contributed by atoms with Crippen LogP contribution < -0.4 is 9.47 Å². The number of carbonyl (C=O) groups is 1. The number of hydrogen-bond donors (Lipinski definition) is 0. The average molecular weight is 280 g/mol. The van der Waals surface area contributed by atoms with Crippen LogP contribution in [0.5, 0.6) is 11.5 Å². The number of unbranched alkanes of at least 4 members (excludes halogenated alkanes) is 2. The number of carbonyl (C=O) groups excluding carboxylic acids is 1. The summed E-state index contributed by atoms with van der Waals surface area (Å²) >= 11 is 0. The minimum atomic E-state index is -0.113. The zero-order chi connectivity index (χ0) is 14.6. The predicted octanol–water partition coefficient (Wildman–Crippen LogP) is 3.59. The van der Waals surface area contributed by atoms with E-state index in [0.717, 1.165) is 30.8 Å². The largest absolute Gasteiger partial charge is 0.494 e. The Morgan fingerprint density at radius 2 is 1.75 bits per heavy atom. The van der Waals surface area contributed by atoms with Gasteiger partial charge >= 0.3 is 5.97 Å². The molecule has 0 fully saturated rings. The van der Waals surface area contributed by atoms with Gasteiger partial charge in [0, 0.05) is 12.5 Å². The highest BCUT2D eigenvalue weighted by molar-refractivity contribution is 5.69. The van der Waals surface area contributed by atoms with Crippen LogP contribution in [-0.2, 0) is 9.53 Å². The van der Waals surface area contributed by atoms with Gasteiger partial charge in [0.25, 0.3) is 0 Å². The smallest absolute Gasteiger partial charge is 0.305 e. The molecule has 0 atom stereocenters. The Balaban J connectivity index is 2.12. The molecule has 0 unspecified atom stereocenters. The molecule has 0 heterocycles. The van der Waals surface area contributed by atoms with E-state index in [2.05, 4.69) is 0 Å². The molecular weight excluding hydrogens is 256 g/mol. The summed E-state index contributed by atoms with van der Waals surface area (Å²) in [6.45, 7) is 5.53. The first-order chi connectivity index (χ1) is 9.76. The molecular formula is C16H24O4. The van der Waals surface area contributed by atoms with E-state index in [9.17, 15) is 4.79 Å². The molecule has 1 aromatic carbocycles. The molecule has 0 bridgehead atoms. The molecule has 0 spiro atoms. The van der Waals surface area contributed by atoms with Gasteiger partial charge in [0.2, 0.25) is 0 Å². The number of hydrogen-bond acceptors (Lipinski definition) is 4. The maximum Gasteiger partial charge on any atom is 0.305 e. The van der Waals surface area contributed by atoms with E-state index in [-0.39, 0.29) is 5.97 Å². The molecule has 0 N–H and O–H groups in total. The summed E-state index contributed by atoms with van der Waals surface area (Å²) in [6.07, 6.45) is 3.23. The molecule has 0 aromatic heterocycles. The average Bonchev–Trinajstić information content (AvgIpc) is 2.44. The minimum absolute atomic E-state index is 0.113. The molecule has 0 aliphatic carbocycles. The van der Waals surface area contributed by atoms with Gasteiger partial charge in [-0.25, -0.2) is 0 Å². The lowest BCUT2D eigenvalue weighted by atomic mass is 10.2. The molecule has 4 heteroatoms. The summed E-state index contributed by atoms with van der Waals surface area (Å²) in [7, 11) is 0. The first-order valence-corrected chi connectivity index (χ1v) is 7.27. The van der Waals surface area contributed by atoms with Gasteiger partial charge < -0.3 is 14.2 Å². The Kier molecular flexibility index (Phi) is 8.27. The van der Waals surface area contributed by atoms with E-state index in [4.69, 9.17) is 14.2 Å². The van der Waals surface area contributed by atoms with Crippen molar-refractivity contribution in [3.05, 3.63) is 24.3 Å². The van der Waals surface area contributed by atoms with Gasteiger partial charge in [-0.05, 0) is 45.2 Å². The summed E-state index contributed by atoms with van der Waals surface area (Å²) in [5.41, 5.74) is 0. The van der Waals surface area contributed by atoms with E-state index in [1.807, 2.05) is 38.1 Å². The normalized spacial score (nSPS) is 10.1. The molecule has 0 aliphatic rings. The van der Waals surface area contributed by atoms with Crippen LogP contribution in [0.2, 0.25) is 0 Å². The number of esters is 1. The van der Waals surface area contributed by atoms with Crippen LogP contribution in [0.1, 0.15) is 39.5 Å². The topological polar surface area (TPSA) is 44.8 Å². The van der Waals surface area contributed by atoms with E-state index in [1.165, 1.54) is 0 Å². The summed E-state index contributed by atoms with van der Waals surface area (Å²) in [4.78, 5) is 11.1. The van der Waals surface area contributed by atoms with Crippen molar-refractivity contribution in [3.63, 3.8) is 0 Å². The SMILES string of the molecule is CCOC(=O)CCCCCOc1cccc(OCC)c1. The van der Waals surface area contributed by atoms with Crippen molar-refractivity contribution in [2.75, 3.05) is 19.8 Å². The standard InChI is InChI=1S/C16H24O4/c1-3-18-14-9-8-10-15(13-14)20-12-7-5-6-11-16(17)19-4-2/h8-10,13H,3-7,11-12H2,1-2H3. The van der Waals surface area contributed by atoms with Gasteiger partial charge in [-0.3, -0.25) is 4.79 Å². The van der Waals surface area contributed by atoms with E-state index in [0.29, 0.717) is 26.2 Å². The zero-order valence-corrected chi connectivity index (χ0v) is 12.4. The zero-order valence-electron chi connectivity index (χ0n) is 12.4. The highest BCUT2D eigenvalue weighted by Crippen LogP contribution is 2.19. The second kappa shape index (κ2) is 10.1. The first kappa shape index (κ1) is 16.3. The highest BCUT2D eigenvalue weighted by atomic mass is 16.5. The third kappa shape index (κ3) is 7.02. The second-order valence-electron chi connectivity index (χ2n) is 4.37. The summed E-state index contributed by atoms with van der Waals surface area (Å²) < 4.78 is 15.9. The van der Waals surface area contributed by atoms with Crippen molar-refractivity contribution in [2.24, 2.45) is 0 Å². The van der Waals surface area contributed by atoms with Crippen molar-refractivity contribution in [1.82, 2.24) is 0 Å². The molecule has 0 saturated carbocycles. The lowest BCUT2D eigenvalue weighted by Gasteiger charge is -2.08. The van der Waals surface area contributed by atoms with Gasteiger partial charge in [-0.2, -0.15) is 0 Å². The second-order valence-corrected chi connectivity index (χ2v) is 4.37. The van der Waals surface area contributed by atoms with E-state index < -0.39 is 0 Å². The Labute approximate surface area is 121 Å². The lowest BCUT2D eigenvalue weighted by Crippen LogP contribution is -2.04. The maximum atomic E-state index is 11.1. The monoisotopic (exact) mass is 280 g/mol. The van der Waals surface area contributed by atoms with Crippen LogP contribution in [0.4, 0.5) is 0 Å². The molecule has 112 valence electrons. The highest BCUT2D eigenvalue weighted by Gasteiger charge is 2.01. The molecule has 20 heavy (non-hydrogen) atoms. The van der Waals surface area contributed by atoms with Gasteiger partial charge in [0.15, 0.2) is 0 Å². The van der Waals surface area contributed by atoms with Gasteiger partial charge in [0.05, 0.1) is 19.8 Å². The third-order valence-electron chi connectivity index (χ3n) is 2.72. The Hall–Kier alpha value is -1.71. The third-order valence-corrected chi connectivity index (χ3v) is 2.72. The van der Waals surface area contributed by atoms with Crippen LogP contribution in [0.15, 0.2) is 24.3 Å². The number of benzene rings is 1. The van der Waals surface area contributed by atoms with Crippen LogP contribution in [-0.4, -0.2) is 25.8 Å². The van der Waals surface area contributed by atoms with Crippen LogP contribution in [0.3, 0.4) is 0 Å². The molecule has 1 rings (SSSR count). The molecule has 4 nitrogen and oxygen atoms in total.